The van der Waals surface area contributed by atoms with E-state index in [1.807, 2.05) is 18.2 Å². The summed E-state index contributed by atoms with van der Waals surface area (Å²) < 4.78 is 0. The zero-order valence-electron chi connectivity index (χ0n) is 10.6. The van der Waals surface area contributed by atoms with Gasteiger partial charge in [0.15, 0.2) is 0 Å². The van der Waals surface area contributed by atoms with Crippen LogP contribution in [0.5, 0.6) is 0 Å². The number of rotatable bonds is 4. The second-order valence-corrected chi connectivity index (χ2v) is 4.30. The molecule has 0 aromatic heterocycles. The molecule has 0 fully saturated rings. The summed E-state index contributed by atoms with van der Waals surface area (Å²) in [4.78, 5) is 0. The molecule has 8 N–H and O–H groups in total. The van der Waals surface area contributed by atoms with Gasteiger partial charge in [0.25, 0.3) is 0 Å². The van der Waals surface area contributed by atoms with Crippen molar-refractivity contribution in [3.63, 3.8) is 0 Å². The lowest BCUT2D eigenvalue weighted by atomic mass is 10.0. The van der Waals surface area contributed by atoms with Gasteiger partial charge in [0, 0.05) is 40.4 Å². The fourth-order valence-electron chi connectivity index (χ4n) is 1.94. The second-order valence-electron chi connectivity index (χ2n) is 4.30. The lowest BCUT2D eigenvalue weighted by Crippen LogP contribution is -2.07. The number of anilines is 4. The molecule has 2 rings (SSSR count). The van der Waals surface area contributed by atoms with Gasteiger partial charge >= 0.3 is 0 Å². The van der Waals surface area contributed by atoms with Crippen molar-refractivity contribution in [3.05, 3.63) is 36.4 Å². The Labute approximate surface area is 112 Å². The molecule has 0 heterocycles. The summed E-state index contributed by atoms with van der Waals surface area (Å²) in [5.74, 6) is 0. The first-order valence-corrected chi connectivity index (χ1v) is 6.01. The van der Waals surface area contributed by atoms with Crippen LogP contribution in [0, 0.1) is 0 Å². The fraction of sp³-hybridized carbons (Fsp3) is 0.143. The number of hydrogen-bond donors (Lipinski definition) is 5. The average molecular weight is 258 g/mol. The minimum atomic E-state index is 0.0518. The van der Waals surface area contributed by atoms with Crippen molar-refractivity contribution < 1.29 is 5.11 Å². The number of nitrogen functional groups attached to an aromatic ring is 3. The Kier molecular flexibility index (Phi) is 3.77. The lowest BCUT2D eigenvalue weighted by molar-refractivity contribution is 0.311. The Morgan fingerprint density at radius 2 is 1.53 bits per heavy atom. The van der Waals surface area contributed by atoms with Crippen LogP contribution in [0.4, 0.5) is 22.7 Å². The summed E-state index contributed by atoms with van der Waals surface area (Å²) >= 11 is 0. The maximum Gasteiger partial charge on any atom is 0.0604 e. The van der Waals surface area contributed by atoms with Crippen LogP contribution < -0.4 is 22.5 Å². The van der Waals surface area contributed by atoms with E-state index in [-0.39, 0.29) is 6.61 Å². The molecule has 0 saturated heterocycles. The third-order valence-electron chi connectivity index (χ3n) is 2.84. The van der Waals surface area contributed by atoms with Crippen LogP contribution in [-0.4, -0.2) is 18.3 Å². The number of nitrogens with one attached hydrogen (secondary N) is 1. The minimum absolute atomic E-state index is 0.0518. The lowest BCUT2D eigenvalue weighted by Gasteiger charge is -2.14. The maximum atomic E-state index is 8.91. The van der Waals surface area contributed by atoms with Gasteiger partial charge in [-0.25, -0.2) is 0 Å². The zero-order chi connectivity index (χ0) is 13.8. The summed E-state index contributed by atoms with van der Waals surface area (Å²) in [6.45, 7) is 0.509. The number of hydrogen-bond acceptors (Lipinski definition) is 5. The van der Waals surface area contributed by atoms with Crippen molar-refractivity contribution in [3.8, 4) is 11.1 Å². The molecule has 2 aromatic carbocycles. The van der Waals surface area contributed by atoms with Gasteiger partial charge in [-0.2, -0.15) is 0 Å². The molecule has 0 aliphatic rings. The van der Waals surface area contributed by atoms with Crippen LogP contribution in [0.2, 0.25) is 0 Å². The Hall–Kier alpha value is -2.40. The molecule has 0 bridgehead atoms. The molecule has 0 atom stereocenters. The molecular formula is C14H18N4O. The Balaban J connectivity index is 2.52. The van der Waals surface area contributed by atoms with Gasteiger partial charge in [-0.3, -0.25) is 0 Å². The van der Waals surface area contributed by atoms with Gasteiger partial charge < -0.3 is 27.6 Å². The Morgan fingerprint density at radius 1 is 0.895 bits per heavy atom. The average Bonchev–Trinajstić information content (AvgIpc) is 2.40. The van der Waals surface area contributed by atoms with Crippen molar-refractivity contribution in [1.82, 2.24) is 0 Å². The molecule has 0 unspecified atom stereocenters. The highest BCUT2D eigenvalue weighted by atomic mass is 16.3. The van der Waals surface area contributed by atoms with E-state index in [4.69, 9.17) is 22.3 Å². The van der Waals surface area contributed by atoms with E-state index >= 15 is 0 Å². The van der Waals surface area contributed by atoms with E-state index in [1.54, 1.807) is 18.2 Å². The summed E-state index contributed by atoms with van der Waals surface area (Å²) in [5, 5.41) is 12.0. The predicted octanol–water partition coefficient (Wildman–Crippen LogP) is 1.50. The SMILES string of the molecule is Nc1ccc(N)c(-c2cc(N)ccc2NCCO)c1. The fourth-order valence-corrected chi connectivity index (χ4v) is 1.94. The van der Waals surface area contributed by atoms with E-state index in [9.17, 15) is 0 Å². The second kappa shape index (κ2) is 5.49. The standard InChI is InChI=1S/C14H18N4O/c15-9-1-3-13(17)11(7-9)12-8-10(16)2-4-14(12)18-5-6-19/h1-4,7-8,18-19H,5-6,15-17H2. The van der Waals surface area contributed by atoms with E-state index < -0.39 is 0 Å². The van der Waals surface area contributed by atoms with E-state index in [0.29, 0.717) is 23.6 Å². The van der Waals surface area contributed by atoms with Crippen molar-refractivity contribution in [1.29, 1.82) is 0 Å². The molecule has 0 aliphatic carbocycles. The molecule has 0 amide bonds. The van der Waals surface area contributed by atoms with Gasteiger partial charge in [0.05, 0.1) is 6.61 Å². The zero-order valence-corrected chi connectivity index (χ0v) is 10.6. The van der Waals surface area contributed by atoms with Gasteiger partial charge in [0.2, 0.25) is 0 Å². The molecule has 2 aromatic rings. The first-order valence-electron chi connectivity index (χ1n) is 6.01. The Bertz CT molecular complexity index is 584. The molecular weight excluding hydrogens is 240 g/mol. The summed E-state index contributed by atoms with van der Waals surface area (Å²) in [7, 11) is 0. The third-order valence-corrected chi connectivity index (χ3v) is 2.84. The van der Waals surface area contributed by atoms with Gasteiger partial charge in [0.1, 0.15) is 0 Å². The number of aliphatic hydroxyl groups excluding tert-OH is 1. The first kappa shape index (κ1) is 13.0. The highest BCUT2D eigenvalue weighted by Gasteiger charge is 2.09. The van der Waals surface area contributed by atoms with Gasteiger partial charge in [-0.05, 0) is 36.4 Å². The summed E-state index contributed by atoms with van der Waals surface area (Å²) in [6, 6.07) is 10.8. The predicted molar refractivity (Wildman–Crippen MR) is 80.7 cm³/mol. The quantitative estimate of drug-likeness (QED) is 0.534. The van der Waals surface area contributed by atoms with Crippen molar-refractivity contribution in [2.75, 3.05) is 35.7 Å². The van der Waals surface area contributed by atoms with Gasteiger partial charge in [-0.15, -0.1) is 0 Å². The molecule has 19 heavy (non-hydrogen) atoms. The molecule has 0 spiro atoms. The van der Waals surface area contributed by atoms with Crippen LogP contribution in [0.25, 0.3) is 11.1 Å². The monoisotopic (exact) mass is 258 g/mol. The van der Waals surface area contributed by atoms with Crippen molar-refractivity contribution in [2.24, 2.45) is 0 Å². The van der Waals surface area contributed by atoms with Crippen LogP contribution in [0.15, 0.2) is 36.4 Å². The molecule has 5 heteroatoms. The summed E-state index contributed by atoms with van der Waals surface area (Å²) in [5.41, 5.74) is 22.1. The first-order chi connectivity index (χ1) is 9.11. The molecule has 5 nitrogen and oxygen atoms in total. The van der Waals surface area contributed by atoms with Gasteiger partial charge in [-0.1, -0.05) is 0 Å². The van der Waals surface area contributed by atoms with Crippen LogP contribution >= 0.6 is 0 Å². The normalized spacial score (nSPS) is 10.4. The van der Waals surface area contributed by atoms with Crippen LogP contribution in [-0.2, 0) is 0 Å². The third kappa shape index (κ3) is 2.89. The number of benzene rings is 2. The highest BCUT2D eigenvalue weighted by Crippen LogP contribution is 2.34. The molecule has 0 saturated carbocycles. The van der Waals surface area contributed by atoms with Crippen LogP contribution in [0.1, 0.15) is 0 Å². The van der Waals surface area contributed by atoms with Crippen molar-refractivity contribution in [2.45, 2.75) is 0 Å². The van der Waals surface area contributed by atoms with E-state index in [2.05, 4.69) is 5.32 Å². The van der Waals surface area contributed by atoms with E-state index in [1.165, 1.54) is 0 Å². The smallest absolute Gasteiger partial charge is 0.0604 e. The number of nitrogens with two attached hydrogens (primary N) is 3. The van der Waals surface area contributed by atoms with Crippen molar-refractivity contribution >= 4 is 22.7 Å². The minimum Gasteiger partial charge on any atom is -0.399 e. The van der Waals surface area contributed by atoms with Crippen LogP contribution in [0.3, 0.4) is 0 Å². The highest BCUT2D eigenvalue weighted by molar-refractivity contribution is 5.88. The summed E-state index contributed by atoms with van der Waals surface area (Å²) in [6.07, 6.45) is 0. The topological polar surface area (TPSA) is 110 Å². The molecule has 0 aliphatic heterocycles. The molecule has 100 valence electrons. The number of aliphatic hydroxyl groups is 1. The Morgan fingerprint density at radius 3 is 2.21 bits per heavy atom. The maximum absolute atomic E-state index is 8.91. The van der Waals surface area contributed by atoms with E-state index in [0.717, 1.165) is 16.8 Å². The largest absolute Gasteiger partial charge is 0.399 e. The molecule has 0 radical (unpaired) electrons.